The van der Waals surface area contributed by atoms with Gasteiger partial charge in [0.25, 0.3) is 0 Å². The van der Waals surface area contributed by atoms with E-state index in [0.717, 1.165) is 30.4 Å². The number of nitrogens with one attached hydrogen (secondary N) is 2. The first-order valence-electron chi connectivity index (χ1n) is 9.39. The standard InChI is InChI=1S/C19H21FN6OS/c1-26(15-7-12-3-5-14(23-12)17(15)20)19-25-24-18(28-19)13-4-2-10(6-16(13)27)11-8-21-22-9-11/h2,4,6,8-9,12,14-15,17,23,27H,3,5,7H2,1H3,(H,21,22)/t12?,14?,15-,17+/m1/s1. The van der Waals surface area contributed by atoms with Gasteiger partial charge in [0.15, 0.2) is 5.01 Å². The first kappa shape index (κ1) is 17.6. The second kappa shape index (κ2) is 6.82. The SMILES string of the molecule is CN(c1nnc(-c2ccc(-c3cn[nH]c3)cc2O)s1)[C@@H]1CC2CCC(N2)[C@@H]1F. The molecule has 5 rings (SSSR count). The van der Waals surface area contributed by atoms with Gasteiger partial charge in [-0.2, -0.15) is 5.10 Å². The molecule has 2 bridgehead atoms. The molecule has 9 heteroatoms. The molecule has 4 atom stereocenters. The fraction of sp³-hybridized carbons (Fsp3) is 0.421. The molecule has 0 spiro atoms. The van der Waals surface area contributed by atoms with Gasteiger partial charge in [-0.05, 0) is 37.0 Å². The van der Waals surface area contributed by atoms with Crippen LogP contribution in [0.5, 0.6) is 5.75 Å². The van der Waals surface area contributed by atoms with E-state index in [-0.39, 0.29) is 17.8 Å². The number of phenolic OH excluding ortho intramolecular Hbond substituents is 1. The van der Waals surface area contributed by atoms with E-state index in [1.54, 1.807) is 18.5 Å². The van der Waals surface area contributed by atoms with Crippen LogP contribution in [0.4, 0.5) is 9.52 Å². The van der Waals surface area contributed by atoms with Crippen molar-refractivity contribution < 1.29 is 9.50 Å². The molecule has 2 aromatic heterocycles. The Morgan fingerprint density at radius 2 is 2.14 bits per heavy atom. The number of rotatable bonds is 4. The summed E-state index contributed by atoms with van der Waals surface area (Å²) in [6, 6.07) is 5.55. The predicted octanol–water partition coefficient (Wildman–Crippen LogP) is 2.97. The fourth-order valence-electron chi connectivity index (χ4n) is 4.26. The van der Waals surface area contributed by atoms with Gasteiger partial charge in [0, 0.05) is 30.9 Å². The molecule has 3 N–H and O–H groups in total. The number of aromatic nitrogens is 4. The number of fused-ring (bicyclic) bond motifs is 2. The number of piperidine rings is 1. The summed E-state index contributed by atoms with van der Waals surface area (Å²) in [4.78, 5) is 1.91. The van der Waals surface area contributed by atoms with Gasteiger partial charge in [0.1, 0.15) is 11.9 Å². The van der Waals surface area contributed by atoms with Crippen molar-refractivity contribution in [2.45, 2.75) is 43.6 Å². The van der Waals surface area contributed by atoms with Crippen LogP contribution in [0, 0.1) is 0 Å². The van der Waals surface area contributed by atoms with E-state index < -0.39 is 6.17 Å². The summed E-state index contributed by atoms with van der Waals surface area (Å²) in [7, 11) is 1.88. The zero-order chi connectivity index (χ0) is 19.3. The van der Waals surface area contributed by atoms with Crippen molar-refractivity contribution in [3.05, 3.63) is 30.6 Å². The Labute approximate surface area is 165 Å². The van der Waals surface area contributed by atoms with Gasteiger partial charge in [0.2, 0.25) is 5.13 Å². The molecule has 3 aromatic rings. The second-order valence-corrected chi connectivity index (χ2v) is 8.47. The number of aromatic hydroxyl groups is 1. The molecule has 2 fully saturated rings. The smallest absolute Gasteiger partial charge is 0.208 e. The minimum atomic E-state index is -0.918. The van der Waals surface area contributed by atoms with E-state index in [4.69, 9.17) is 0 Å². The van der Waals surface area contributed by atoms with Gasteiger partial charge in [0.05, 0.1) is 17.8 Å². The van der Waals surface area contributed by atoms with Crippen LogP contribution in [0.2, 0.25) is 0 Å². The van der Waals surface area contributed by atoms with Gasteiger partial charge in [-0.1, -0.05) is 17.4 Å². The van der Waals surface area contributed by atoms with Gasteiger partial charge in [-0.3, -0.25) is 5.10 Å². The van der Waals surface area contributed by atoms with Gasteiger partial charge in [-0.25, -0.2) is 4.39 Å². The third kappa shape index (κ3) is 2.94. The Balaban J connectivity index is 1.39. The molecule has 2 aliphatic rings. The number of hydrogen-bond acceptors (Lipinski definition) is 7. The number of aromatic amines is 1. The van der Waals surface area contributed by atoms with Crippen molar-refractivity contribution in [1.82, 2.24) is 25.7 Å². The molecule has 4 heterocycles. The molecule has 2 unspecified atom stereocenters. The summed E-state index contributed by atoms with van der Waals surface area (Å²) in [6.45, 7) is 0. The van der Waals surface area contributed by atoms with Crippen molar-refractivity contribution in [2.24, 2.45) is 0 Å². The molecule has 7 nitrogen and oxygen atoms in total. The Kier molecular flexibility index (Phi) is 4.28. The van der Waals surface area contributed by atoms with Crippen molar-refractivity contribution in [1.29, 1.82) is 0 Å². The average Bonchev–Trinajstić information content (AvgIpc) is 3.45. The van der Waals surface area contributed by atoms with Crippen LogP contribution >= 0.6 is 11.3 Å². The van der Waals surface area contributed by atoms with Gasteiger partial charge in [-0.15, -0.1) is 10.2 Å². The number of nitrogens with zero attached hydrogens (tertiary/aromatic N) is 4. The minimum Gasteiger partial charge on any atom is -0.507 e. The van der Waals surface area contributed by atoms with E-state index in [0.29, 0.717) is 21.7 Å². The maximum atomic E-state index is 14.9. The Bertz CT molecular complexity index is 977. The lowest BCUT2D eigenvalue weighted by molar-refractivity contribution is 0.176. The Morgan fingerprint density at radius 3 is 2.93 bits per heavy atom. The van der Waals surface area contributed by atoms with Crippen LogP contribution in [-0.4, -0.2) is 56.8 Å². The third-order valence-electron chi connectivity index (χ3n) is 5.83. The lowest BCUT2D eigenvalue weighted by Gasteiger charge is -2.38. The number of halogens is 1. The van der Waals surface area contributed by atoms with E-state index in [9.17, 15) is 9.50 Å². The lowest BCUT2D eigenvalue weighted by Crippen LogP contribution is -2.55. The van der Waals surface area contributed by atoms with E-state index >= 15 is 0 Å². The molecular formula is C19H21FN6OS. The van der Waals surface area contributed by atoms with E-state index in [1.165, 1.54) is 11.3 Å². The van der Waals surface area contributed by atoms with Crippen LogP contribution in [0.25, 0.3) is 21.7 Å². The highest BCUT2D eigenvalue weighted by Gasteiger charge is 2.44. The molecule has 28 heavy (non-hydrogen) atoms. The highest BCUT2D eigenvalue weighted by Crippen LogP contribution is 2.39. The van der Waals surface area contributed by atoms with Crippen LogP contribution in [-0.2, 0) is 0 Å². The summed E-state index contributed by atoms with van der Waals surface area (Å²) in [5, 5.41) is 30.3. The zero-order valence-corrected chi connectivity index (χ0v) is 16.2. The molecule has 146 valence electrons. The molecule has 2 aliphatic heterocycles. The number of phenols is 1. The lowest BCUT2D eigenvalue weighted by atomic mass is 9.97. The van der Waals surface area contributed by atoms with Gasteiger partial charge >= 0.3 is 0 Å². The average molecular weight is 400 g/mol. The summed E-state index contributed by atoms with van der Waals surface area (Å²) >= 11 is 1.37. The number of alkyl halides is 1. The van der Waals surface area contributed by atoms with Crippen LogP contribution in [0.1, 0.15) is 19.3 Å². The molecule has 2 saturated heterocycles. The minimum absolute atomic E-state index is 0.0573. The first-order valence-corrected chi connectivity index (χ1v) is 10.2. The van der Waals surface area contributed by atoms with Crippen molar-refractivity contribution >= 4 is 16.5 Å². The highest BCUT2D eigenvalue weighted by atomic mass is 32.1. The van der Waals surface area contributed by atoms with Crippen LogP contribution < -0.4 is 10.2 Å². The van der Waals surface area contributed by atoms with Crippen LogP contribution in [0.15, 0.2) is 30.6 Å². The number of H-pyrrole nitrogens is 1. The maximum Gasteiger partial charge on any atom is 0.208 e. The van der Waals surface area contributed by atoms with E-state index in [1.807, 2.05) is 24.1 Å². The van der Waals surface area contributed by atoms with Crippen LogP contribution in [0.3, 0.4) is 0 Å². The zero-order valence-electron chi connectivity index (χ0n) is 15.3. The van der Waals surface area contributed by atoms with Crippen molar-refractivity contribution in [3.8, 4) is 27.4 Å². The number of hydrogen-bond donors (Lipinski definition) is 3. The van der Waals surface area contributed by atoms with E-state index in [2.05, 4.69) is 25.7 Å². The molecular weight excluding hydrogens is 379 g/mol. The molecule has 1 aromatic carbocycles. The summed E-state index contributed by atoms with van der Waals surface area (Å²) in [5.41, 5.74) is 2.38. The quantitative estimate of drug-likeness (QED) is 0.624. The molecule has 0 radical (unpaired) electrons. The maximum absolute atomic E-state index is 14.9. The van der Waals surface area contributed by atoms with Gasteiger partial charge < -0.3 is 15.3 Å². The highest BCUT2D eigenvalue weighted by molar-refractivity contribution is 7.18. The number of benzene rings is 1. The Hall–Kier alpha value is -2.52. The monoisotopic (exact) mass is 400 g/mol. The molecule has 0 saturated carbocycles. The topological polar surface area (TPSA) is 90.0 Å². The first-order chi connectivity index (χ1) is 13.6. The molecule has 0 aliphatic carbocycles. The summed E-state index contributed by atoms with van der Waals surface area (Å²) < 4.78 is 14.9. The second-order valence-electron chi connectivity index (χ2n) is 7.51. The fourth-order valence-corrected chi connectivity index (χ4v) is 5.16. The largest absolute Gasteiger partial charge is 0.507 e. The Morgan fingerprint density at radius 1 is 1.25 bits per heavy atom. The van der Waals surface area contributed by atoms with Crippen molar-refractivity contribution in [3.63, 3.8) is 0 Å². The number of anilines is 1. The third-order valence-corrected chi connectivity index (χ3v) is 6.87. The molecule has 0 amide bonds. The predicted molar refractivity (Wildman–Crippen MR) is 106 cm³/mol. The summed E-state index contributed by atoms with van der Waals surface area (Å²) in [5.74, 6) is 0.132. The summed E-state index contributed by atoms with van der Waals surface area (Å²) in [6.07, 6.45) is 5.26. The normalized spacial score (nSPS) is 26.5. The van der Waals surface area contributed by atoms with Crippen molar-refractivity contribution in [2.75, 3.05) is 11.9 Å².